The van der Waals surface area contributed by atoms with Crippen LogP contribution < -0.4 is 15.8 Å². The van der Waals surface area contributed by atoms with Gasteiger partial charge in [0, 0.05) is 12.0 Å². The number of carbonyl (C=O) groups is 3. The molecule has 3 rings (SSSR count). The van der Waals surface area contributed by atoms with Gasteiger partial charge in [0.15, 0.2) is 0 Å². The summed E-state index contributed by atoms with van der Waals surface area (Å²) >= 11 is 0. The van der Waals surface area contributed by atoms with Crippen molar-refractivity contribution in [1.82, 2.24) is 5.32 Å². The van der Waals surface area contributed by atoms with Crippen molar-refractivity contribution in [3.05, 3.63) is 54.1 Å². The molecule has 158 valence electrons. The Morgan fingerprint density at radius 3 is 2.13 bits per heavy atom. The summed E-state index contributed by atoms with van der Waals surface area (Å²) in [6.07, 6.45) is 3.62. The monoisotopic (exact) mass is 410 g/mol. The van der Waals surface area contributed by atoms with E-state index in [1.54, 1.807) is 24.3 Å². The fraction of sp³-hybridized carbons (Fsp3) is 0.348. The molecule has 2 aromatic rings. The summed E-state index contributed by atoms with van der Waals surface area (Å²) in [6, 6.07) is 13.5. The molecular weight excluding hydrogens is 384 g/mol. The fourth-order valence-corrected chi connectivity index (χ4v) is 3.22. The number of hydrogen-bond donors (Lipinski definition) is 3. The van der Waals surface area contributed by atoms with E-state index in [1.165, 1.54) is 19.3 Å². The van der Waals surface area contributed by atoms with Crippen molar-refractivity contribution in [3.8, 4) is 16.9 Å². The summed E-state index contributed by atoms with van der Waals surface area (Å²) < 4.78 is 5.81. The summed E-state index contributed by atoms with van der Waals surface area (Å²) in [7, 11) is 0. The highest BCUT2D eigenvalue weighted by molar-refractivity contribution is 5.97. The van der Waals surface area contributed by atoms with E-state index >= 15 is 0 Å². The van der Waals surface area contributed by atoms with Crippen LogP contribution >= 0.6 is 0 Å². The molecular formula is C23H26N2O5. The van der Waals surface area contributed by atoms with E-state index in [2.05, 4.69) is 5.32 Å². The number of carboxylic acids is 1. The van der Waals surface area contributed by atoms with E-state index in [4.69, 9.17) is 10.5 Å². The van der Waals surface area contributed by atoms with Crippen LogP contribution in [-0.4, -0.2) is 35.5 Å². The smallest absolute Gasteiger partial charge is 0.326 e. The van der Waals surface area contributed by atoms with Crippen LogP contribution in [-0.2, 0) is 9.59 Å². The zero-order valence-corrected chi connectivity index (χ0v) is 16.7. The average Bonchev–Trinajstić information content (AvgIpc) is 2.70. The van der Waals surface area contributed by atoms with Crippen molar-refractivity contribution in [2.75, 3.05) is 6.61 Å². The number of ether oxygens (including phenoxy) is 1. The van der Waals surface area contributed by atoms with E-state index in [9.17, 15) is 19.5 Å². The third-order valence-electron chi connectivity index (χ3n) is 5.33. The Bertz CT molecular complexity index is 889. The lowest BCUT2D eigenvalue weighted by Gasteiger charge is -2.25. The van der Waals surface area contributed by atoms with E-state index in [-0.39, 0.29) is 12.8 Å². The third kappa shape index (κ3) is 5.83. The SMILES string of the molecule is NC(=O)CC[C@H](NC(=O)c1ccc(-c2ccc(OCC3CCC3)cc2)cc1)C(=O)O. The minimum Gasteiger partial charge on any atom is -0.493 e. The van der Waals surface area contributed by atoms with Gasteiger partial charge in [-0.2, -0.15) is 0 Å². The molecule has 1 aliphatic rings. The molecule has 2 amide bonds. The summed E-state index contributed by atoms with van der Waals surface area (Å²) in [5.74, 6) is -0.810. The predicted molar refractivity (Wildman–Crippen MR) is 112 cm³/mol. The number of nitrogens with one attached hydrogen (secondary N) is 1. The summed E-state index contributed by atoms with van der Waals surface area (Å²) in [5, 5.41) is 11.6. The van der Waals surface area contributed by atoms with Crippen molar-refractivity contribution in [2.24, 2.45) is 11.7 Å². The Morgan fingerprint density at radius 1 is 1.03 bits per heavy atom. The number of carbonyl (C=O) groups excluding carboxylic acids is 2. The van der Waals surface area contributed by atoms with E-state index in [0.717, 1.165) is 23.5 Å². The summed E-state index contributed by atoms with van der Waals surface area (Å²) in [5.41, 5.74) is 7.31. The third-order valence-corrected chi connectivity index (χ3v) is 5.33. The van der Waals surface area contributed by atoms with Crippen LogP contribution in [0.2, 0.25) is 0 Å². The number of benzene rings is 2. The quantitative estimate of drug-likeness (QED) is 0.556. The predicted octanol–water partition coefficient (Wildman–Crippen LogP) is 2.98. The van der Waals surface area contributed by atoms with Gasteiger partial charge in [0.2, 0.25) is 5.91 Å². The van der Waals surface area contributed by atoms with Crippen molar-refractivity contribution >= 4 is 17.8 Å². The van der Waals surface area contributed by atoms with Crippen molar-refractivity contribution < 1.29 is 24.2 Å². The molecule has 0 spiro atoms. The molecule has 7 nitrogen and oxygen atoms in total. The lowest BCUT2D eigenvalue weighted by atomic mass is 9.86. The maximum Gasteiger partial charge on any atom is 0.326 e. The highest BCUT2D eigenvalue weighted by Gasteiger charge is 2.21. The van der Waals surface area contributed by atoms with E-state index < -0.39 is 23.8 Å². The molecule has 7 heteroatoms. The normalized spacial score (nSPS) is 14.4. The molecule has 1 atom stereocenters. The topological polar surface area (TPSA) is 119 Å². The molecule has 0 saturated heterocycles. The molecule has 4 N–H and O–H groups in total. The highest BCUT2D eigenvalue weighted by atomic mass is 16.5. The van der Waals surface area contributed by atoms with E-state index in [0.29, 0.717) is 11.5 Å². The maximum atomic E-state index is 12.3. The van der Waals surface area contributed by atoms with Gasteiger partial charge in [-0.05, 0) is 60.6 Å². The number of hydrogen-bond acceptors (Lipinski definition) is 4. The molecule has 0 unspecified atom stereocenters. The second-order valence-corrected chi connectivity index (χ2v) is 7.58. The molecule has 0 radical (unpaired) electrons. The number of carboxylic acid groups (broad SMARTS) is 1. The number of rotatable bonds is 10. The van der Waals surface area contributed by atoms with Crippen LogP contribution in [0.25, 0.3) is 11.1 Å². The lowest BCUT2D eigenvalue weighted by Crippen LogP contribution is -2.41. The van der Waals surface area contributed by atoms with Crippen LogP contribution in [0, 0.1) is 5.92 Å². The second-order valence-electron chi connectivity index (χ2n) is 7.58. The van der Waals surface area contributed by atoms with Crippen LogP contribution in [0.5, 0.6) is 5.75 Å². The molecule has 0 aromatic heterocycles. The van der Waals surface area contributed by atoms with Gasteiger partial charge in [0.05, 0.1) is 6.61 Å². The van der Waals surface area contributed by atoms with Crippen LogP contribution in [0.1, 0.15) is 42.5 Å². The zero-order valence-electron chi connectivity index (χ0n) is 16.7. The van der Waals surface area contributed by atoms with Crippen LogP contribution in [0.3, 0.4) is 0 Å². The van der Waals surface area contributed by atoms with Gasteiger partial charge in [-0.3, -0.25) is 9.59 Å². The van der Waals surface area contributed by atoms with Crippen LogP contribution in [0.4, 0.5) is 0 Å². The Morgan fingerprint density at radius 2 is 1.63 bits per heavy atom. The molecule has 0 heterocycles. The molecule has 2 aromatic carbocycles. The first-order valence-electron chi connectivity index (χ1n) is 10.1. The first kappa shape index (κ1) is 21.4. The minimum atomic E-state index is -1.21. The van der Waals surface area contributed by atoms with E-state index in [1.807, 2.05) is 24.3 Å². The summed E-state index contributed by atoms with van der Waals surface area (Å²) in [4.78, 5) is 34.5. The molecule has 1 aliphatic carbocycles. The van der Waals surface area contributed by atoms with Gasteiger partial charge in [-0.15, -0.1) is 0 Å². The van der Waals surface area contributed by atoms with Gasteiger partial charge in [-0.1, -0.05) is 30.7 Å². The van der Waals surface area contributed by atoms with Crippen molar-refractivity contribution in [2.45, 2.75) is 38.1 Å². The Labute approximate surface area is 175 Å². The summed E-state index contributed by atoms with van der Waals surface area (Å²) in [6.45, 7) is 0.764. The Balaban J connectivity index is 1.58. The average molecular weight is 410 g/mol. The number of aliphatic carboxylic acids is 1. The molecule has 0 aliphatic heterocycles. The number of nitrogens with two attached hydrogens (primary N) is 1. The fourth-order valence-electron chi connectivity index (χ4n) is 3.22. The first-order valence-corrected chi connectivity index (χ1v) is 10.1. The lowest BCUT2D eigenvalue weighted by molar-refractivity contribution is -0.139. The molecule has 0 bridgehead atoms. The van der Waals surface area contributed by atoms with Gasteiger partial charge in [0.1, 0.15) is 11.8 Å². The molecule has 30 heavy (non-hydrogen) atoms. The number of amides is 2. The van der Waals surface area contributed by atoms with Crippen molar-refractivity contribution in [3.63, 3.8) is 0 Å². The second kappa shape index (κ2) is 9.91. The largest absolute Gasteiger partial charge is 0.493 e. The van der Waals surface area contributed by atoms with Crippen LogP contribution in [0.15, 0.2) is 48.5 Å². The van der Waals surface area contributed by atoms with Gasteiger partial charge in [-0.25, -0.2) is 4.79 Å². The number of primary amides is 1. The standard InChI is InChI=1S/C23H26N2O5/c24-21(26)13-12-20(23(28)29)25-22(27)18-6-4-16(5-7-18)17-8-10-19(11-9-17)30-14-15-2-1-3-15/h4-11,15,20H,1-3,12-14H2,(H2,24,26)(H,25,27)(H,28,29)/t20-/m0/s1. The minimum absolute atomic E-state index is 0.0519. The van der Waals surface area contributed by atoms with Gasteiger partial charge >= 0.3 is 5.97 Å². The Kier molecular flexibility index (Phi) is 7.06. The van der Waals surface area contributed by atoms with Crippen molar-refractivity contribution in [1.29, 1.82) is 0 Å². The first-order chi connectivity index (χ1) is 14.4. The highest BCUT2D eigenvalue weighted by Crippen LogP contribution is 2.28. The van der Waals surface area contributed by atoms with Gasteiger partial charge < -0.3 is 20.9 Å². The molecule has 1 saturated carbocycles. The molecule has 1 fully saturated rings. The van der Waals surface area contributed by atoms with Gasteiger partial charge in [0.25, 0.3) is 5.91 Å². The maximum absolute atomic E-state index is 12.3. The zero-order chi connectivity index (χ0) is 21.5. The Hall–Kier alpha value is -3.35.